The van der Waals surface area contributed by atoms with Crippen molar-refractivity contribution >= 4 is 6.08 Å². The Morgan fingerprint density at radius 2 is 1.77 bits per heavy atom. The van der Waals surface area contributed by atoms with Crippen molar-refractivity contribution < 1.29 is 48.0 Å². The van der Waals surface area contributed by atoms with Crippen molar-refractivity contribution in [3.8, 4) is 0 Å². The van der Waals surface area contributed by atoms with Gasteiger partial charge in [-0.15, -0.1) is 0 Å². The molecular formula is C19H20Cl2Zr. The predicted molar refractivity (Wildman–Crippen MR) is 81.1 cm³/mol. The van der Waals surface area contributed by atoms with Gasteiger partial charge in [-0.1, -0.05) is 0 Å². The van der Waals surface area contributed by atoms with Crippen molar-refractivity contribution in [3.63, 3.8) is 0 Å². The Balaban J connectivity index is 0.000000882. The summed E-state index contributed by atoms with van der Waals surface area (Å²) in [5.41, 5.74) is 4.76. The Kier molecular flexibility index (Phi) is 6.34. The number of benzene rings is 1. The second-order valence-corrected chi connectivity index (χ2v) is 10.4. The number of fused-ring (bicyclic) bond motifs is 2. The van der Waals surface area contributed by atoms with E-state index in [1.807, 2.05) is 0 Å². The van der Waals surface area contributed by atoms with Crippen molar-refractivity contribution in [3.05, 3.63) is 65.3 Å². The smallest absolute Gasteiger partial charge is 1.00 e. The molecular weight excluding hydrogens is 390 g/mol. The summed E-state index contributed by atoms with van der Waals surface area (Å²) in [6.45, 7) is 2.36. The van der Waals surface area contributed by atoms with Gasteiger partial charge in [0.1, 0.15) is 0 Å². The molecule has 4 rings (SSSR count). The summed E-state index contributed by atoms with van der Waals surface area (Å²) >= 11 is -0.434. The van der Waals surface area contributed by atoms with Gasteiger partial charge in [-0.25, -0.2) is 0 Å². The molecule has 0 bridgehead atoms. The summed E-state index contributed by atoms with van der Waals surface area (Å²) in [6.07, 6.45) is 14.8. The Labute approximate surface area is 157 Å². The van der Waals surface area contributed by atoms with E-state index in [9.17, 15) is 0 Å². The van der Waals surface area contributed by atoms with E-state index in [1.54, 1.807) is 11.1 Å². The predicted octanol–water partition coefficient (Wildman–Crippen LogP) is -0.824. The molecule has 0 aromatic heterocycles. The van der Waals surface area contributed by atoms with Crippen LogP contribution in [0.25, 0.3) is 6.08 Å². The van der Waals surface area contributed by atoms with Crippen LogP contribution < -0.4 is 24.8 Å². The number of allylic oxidation sites excluding steroid dienone is 5. The van der Waals surface area contributed by atoms with Crippen LogP contribution in [0.2, 0.25) is 3.63 Å². The standard InChI is InChI=1S/C10H9.C9H11.2ClH.Zr/c1-8-6-9-4-2-3-5-10(9)7-8;1-2-5-9-7-3-6-8(9)4-1;;;/h2-7H,1H3;1-2,4-6,8-9H,3,7H2;2*1H;/q;;;;+2/p-2. The monoisotopic (exact) mass is 408 g/mol. The Morgan fingerprint density at radius 1 is 1.00 bits per heavy atom. The maximum Gasteiger partial charge on any atom is -1.00 e. The van der Waals surface area contributed by atoms with Crippen LogP contribution in [0.3, 0.4) is 0 Å². The minimum absolute atomic E-state index is 0. The molecule has 0 aliphatic heterocycles. The third-order valence-corrected chi connectivity index (χ3v) is 10.5. The quantitative estimate of drug-likeness (QED) is 0.598. The first-order valence-corrected chi connectivity index (χ1v) is 10.5. The molecule has 0 N–H and O–H groups in total. The Hall–Kier alpha value is -0.0969. The first-order chi connectivity index (χ1) is 9.83. The number of rotatable bonds is 2. The van der Waals surface area contributed by atoms with Crippen LogP contribution in [0.15, 0.2) is 54.1 Å². The van der Waals surface area contributed by atoms with Gasteiger partial charge in [-0.3, -0.25) is 0 Å². The van der Waals surface area contributed by atoms with Gasteiger partial charge in [-0.05, 0) is 0 Å². The topological polar surface area (TPSA) is 0 Å². The fourth-order valence-electron chi connectivity index (χ4n) is 4.06. The molecule has 0 nitrogen and oxygen atoms in total. The first-order valence-electron chi connectivity index (χ1n) is 7.71. The van der Waals surface area contributed by atoms with Crippen molar-refractivity contribution in [1.29, 1.82) is 0 Å². The van der Waals surface area contributed by atoms with E-state index < -0.39 is 23.2 Å². The SMILES string of the molecule is CC1=Cc2ccccc2[CH]1[Zr+2][CH]1CCC2C=CC=CC21.[Cl-].[Cl-]. The molecule has 0 amide bonds. The van der Waals surface area contributed by atoms with Gasteiger partial charge < -0.3 is 24.8 Å². The summed E-state index contributed by atoms with van der Waals surface area (Å²) in [5.74, 6) is 1.72. The molecule has 4 atom stereocenters. The fraction of sp³-hybridized carbons (Fsp3) is 0.368. The molecule has 3 aliphatic carbocycles. The number of hydrogen-bond acceptors (Lipinski definition) is 0. The molecule has 1 fully saturated rings. The van der Waals surface area contributed by atoms with Crippen molar-refractivity contribution in [2.24, 2.45) is 11.8 Å². The van der Waals surface area contributed by atoms with Crippen LogP contribution in [0.1, 0.15) is 34.5 Å². The third kappa shape index (κ3) is 3.23. The number of halogens is 2. The van der Waals surface area contributed by atoms with Crippen LogP contribution in [0.5, 0.6) is 0 Å². The van der Waals surface area contributed by atoms with Crippen LogP contribution in [0, 0.1) is 11.8 Å². The summed E-state index contributed by atoms with van der Waals surface area (Å²) < 4.78 is 1.86. The normalized spacial score (nSPS) is 30.5. The summed E-state index contributed by atoms with van der Waals surface area (Å²) in [4.78, 5) is 0. The van der Waals surface area contributed by atoms with Crippen LogP contribution in [-0.2, 0) is 23.2 Å². The van der Waals surface area contributed by atoms with Gasteiger partial charge >= 0.3 is 133 Å². The van der Waals surface area contributed by atoms with Gasteiger partial charge in [0.25, 0.3) is 0 Å². The minimum Gasteiger partial charge on any atom is -1.00 e. The largest absolute Gasteiger partial charge is 1.00 e. The zero-order valence-corrected chi connectivity index (χ0v) is 16.6. The molecule has 1 aromatic carbocycles. The van der Waals surface area contributed by atoms with E-state index in [2.05, 4.69) is 61.6 Å². The van der Waals surface area contributed by atoms with E-state index >= 15 is 0 Å². The van der Waals surface area contributed by atoms with Gasteiger partial charge in [0, 0.05) is 0 Å². The average Bonchev–Trinajstić information content (AvgIpc) is 3.02. The first kappa shape index (κ1) is 18.2. The molecule has 3 heteroatoms. The van der Waals surface area contributed by atoms with E-state index in [1.165, 1.54) is 18.4 Å². The molecule has 1 saturated carbocycles. The molecule has 22 heavy (non-hydrogen) atoms. The molecule has 0 saturated heterocycles. The van der Waals surface area contributed by atoms with Crippen molar-refractivity contribution in [2.75, 3.05) is 0 Å². The molecule has 0 radical (unpaired) electrons. The van der Waals surface area contributed by atoms with Crippen LogP contribution in [-0.4, -0.2) is 0 Å². The zero-order chi connectivity index (χ0) is 13.5. The van der Waals surface area contributed by atoms with Crippen LogP contribution in [0.4, 0.5) is 0 Å². The summed E-state index contributed by atoms with van der Waals surface area (Å²) in [5, 5.41) is 0. The minimum atomic E-state index is -0.434. The van der Waals surface area contributed by atoms with E-state index in [-0.39, 0.29) is 24.8 Å². The second-order valence-electron chi connectivity index (χ2n) is 6.31. The molecule has 0 spiro atoms. The van der Waals surface area contributed by atoms with Crippen molar-refractivity contribution in [1.82, 2.24) is 0 Å². The van der Waals surface area contributed by atoms with Gasteiger partial charge in [0.2, 0.25) is 0 Å². The molecule has 1 aromatic rings. The van der Waals surface area contributed by atoms with Gasteiger partial charge in [0.15, 0.2) is 0 Å². The molecule has 0 heterocycles. The van der Waals surface area contributed by atoms with Crippen LogP contribution >= 0.6 is 0 Å². The van der Waals surface area contributed by atoms with E-state index in [0.717, 1.165) is 19.1 Å². The summed E-state index contributed by atoms with van der Waals surface area (Å²) in [7, 11) is 0. The molecule has 3 aliphatic rings. The maximum absolute atomic E-state index is 2.50. The van der Waals surface area contributed by atoms with E-state index in [0.29, 0.717) is 0 Å². The second kappa shape index (κ2) is 7.65. The van der Waals surface area contributed by atoms with Gasteiger partial charge in [0.05, 0.1) is 0 Å². The molecule has 114 valence electrons. The van der Waals surface area contributed by atoms with Crippen molar-refractivity contribution in [2.45, 2.75) is 27.0 Å². The Morgan fingerprint density at radius 3 is 2.64 bits per heavy atom. The Bertz CT molecular complexity index is 618. The maximum atomic E-state index is 2.50. The average molecular weight is 410 g/mol. The molecule has 4 unspecified atom stereocenters. The fourth-order valence-corrected chi connectivity index (χ4v) is 9.30. The summed E-state index contributed by atoms with van der Waals surface area (Å²) in [6, 6.07) is 9.06. The number of hydrogen-bond donors (Lipinski definition) is 0. The third-order valence-electron chi connectivity index (χ3n) is 5.10. The van der Waals surface area contributed by atoms with Gasteiger partial charge in [-0.2, -0.15) is 0 Å². The zero-order valence-electron chi connectivity index (χ0n) is 12.7. The van der Waals surface area contributed by atoms with E-state index in [4.69, 9.17) is 0 Å².